The van der Waals surface area contributed by atoms with E-state index in [0.29, 0.717) is 19.4 Å². The summed E-state index contributed by atoms with van der Waals surface area (Å²) in [5.74, 6) is -3.66. The lowest BCUT2D eigenvalue weighted by molar-refractivity contribution is -0.137. The van der Waals surface area contributed by atoms with Crippen LogP contribution in [0.5, 0.6) is 0 Å². The highest BCUT2D eigenvalue weighted by molar-refractivity contribution is 5.94. The van der Waals surface area contributed by atoms with Crippen LogP contribution in [0.4, 0.5) is 8.78 Å². The molecule has 0 unspecified atom stereocenters. The Morgan fingerprint density at radius 3 is 2.50 bits per heavy atom. The van der Waals surface area contributed by atoms with E-state index in [1.54, 1.807) is 0 Å². The number of hydrogen-bond acceptors (Lipinski definition) is 2. The molecule has 0 radical (unpaired) electrons. The first-order valence-electron chi connectivity index (χ1n) is 6.46. The molecule has 1 amide bonds. The molecule has 2 N–H and O–H groups in total. The molecule has 1 aromatic carbocycles. The number of rotatable bonds is 8. The highest BCUT2D eigenvalue weighted by atomic mass is 19.2. The van der Waals surface area contributed by atoms with Gasteiger partial charge in [-0.25, -0.2) is 8.78 Å². The van der Waals surface area contributed by atoms with Gasteiger partial charge in [0, 0.05) is 13.0 Å². The Bertz CT molecular complexity index is 477. The van der Waals surface area contributed by atoms with Gasteiger partial charge >= 0.3 is 5.97 Å². The molecule has 0 aliphatic rings. The van der Waals surface area contributed by atoms with Crippen molar-refractivity contribution in [3.8, 4) is 0 Å². The first-order valence-corrected chi connectivity index (χ1v) is 6.46. The number of carbonyl (C=O) groups excluding carboxylic acids is 1. The smallest absolute Gasteiger partial charge is 0.303 e. The molecule has 0 aliphatic carbocycles. The molecule has 1 rings (SSSR count). The van der Waals surface area contributed by atoms with E-state index in [4.69, 9.17) is 5.11 Å². The number of carbonyl (C=O) groups is 2. The zero-order chi connectivity index (χ0) is 15.0. The predicted molar refractivity (Wildman–Crippen MR) is 69.4 cm³/mol. The Morgan fingerprint density at radius 1 is 1.10 bits per heavy atom. The zero-order valence-corrected chi connectivity index (χ0v) is 11.0. The third kappa shape index (κ3) is 5.34. The molecule has 0 spiro atoms. The van der Waals surface area contributed by atoms with Gasteiger partial charge in [0.2, 0.25) is 0 Å². The Hall–Kier alpha value is -1.98. The van der Waals surface area contributed by atoms with Gasteiger partial charge in [0.1, 0.15) is 0 Å². The zero-order valence-electron chi connectivity index (χ0n) is 11.0. The van der Waals surface area contributed by atoms with Crippen molar-refractivity contribution in [1.82, 2.24) is 5.32 Å². The fourth-order valence-electron chi connectivity index (χ4n) is 1.73. The Labute approximate surface area is 115 Å². The van der Waals surface area contributed by atoms with Crippen molar-refractivity contribution in [2.24, 2.45) is 0 Å². The minimum Gasteiger partial charge on any atom is -0.481 e. The van der Waals surface area contributed by atoms with E-state index in [0.717, 1.165) is 18.9 Å². The monoisotopic (exact) mass is 285 g/mol. The van der Waals surface area contributed by atoms with Crippen molar-refractivity contribution in [1.29, 1.82) is 0 Å². The molecule has 0 fully saturated rings. The van der Waals surface area contributed by atoms with Gasteiger partial charge in [-0.1, -0.05) is 18.9 Å². The molecular weight excluding hydrogens is 268 g/mol. The van der Waals surface area contributed by atoms with E-state index in [2.05, 4.69) is 5.32 Å². The maximum absolute atomic E-state index is 13.3. The predicted octanol–water partition coefficient (Wildman–Crippen LogP) is 2.73. The van der Waals surface area contributed by atoms with Crippen LogP contribution in [0.25, 0.3) is 0 Å². The van der Waals surface area contributed by atoms with Crippen LogP contribution in [0, 0.1) is 11.6 Å². The van der Waals surface area contributed by atoms with Crippen molar-refractivity contribution in [2.75, 3.05) is 6.54 Å². The van der Waals surface area contributed by atoms with Gasteiger partial charge in [0.25, 0.3) is 5.91 Å². The number of carboxylic acid groups (broad SMARTS) is 1. The molecule has 0 bridgehead atoms. The van der Waals surface area contributed by atoms with Crippen molar-refractivity contribution in [3.63, 3.8) is 0 Å². The molecular formula is C14H17F2NO3. The van der Waals surface area contributed by atoms with Crippen LogP contribution in [0.15, 0.2) is 18.2 Å². The number of halogens is 2. The van der Waals surface area contributed by atoms with Crippen LogP contribution in [0.2, 0.25) is 0 Å². The molecule has 110 valence electrons. The molecule has 0 aliphatic heterocycles. The average molecular weight is 285 g/mol. The van der Waals surface area contributed by atoms with Gasteiger partial charge in [0.15, 0.2) is 11.6 Å². The first-order chi connectivity index (χ1) is 9.52. The fraction of sp³-hybridized carbons (Fsp3) is 0.429. The minimum atomic E-state index is -1.15. The van der Waals surface area contributed by atoms with E-state index in [-0.39, 0.29) is 12.0 Å². The van der Waals surface area contributed by atoms with Crippen LogP contribution >= 0.6 is 0 Å². The van der Waals surface area contributed by atoms with Crippen LogP contribution in [-0.2, 0) is 4.79 Å². The largest absolute Gasteiger partial charge is 0.481 e. The second kappa shape index (κ2) is 8.24. The van der Waals surface area contributed by atoms with Gasteiger partial charge in [0.05, 0.1) is 5.56 Å². The Kier molecular flexibility index (Phi) is 6.63. The number of amides is 1. The highest BCUT2D eigenvalue weighted by Crippen LogP contribution is 2.11. The lowest BCUT2D eigenvalue weighted by atomic mass is 10.1. The van der Waals surface area contributed by atoms with Gasteiger partial charge in [-0.2, -0.15) is 0 Å². The number of carboxylic acids is 1. The van der Waals surface area contributed by atoms with Crippen molar-refractivity contribution >= 4 is 11.9 Å². The lowest BCUT2D eigenvalue weighted by Gasteiger charge is -2.06. The van der Waals surface area contributed by atoms with Crippen LogP contribution in [0.3, 0.4) is 0 Å². The summed E-state index contributed by atoms with van der Waals surface area (Å²) in [4.78, 5) is 21.9. The molecule has 0 saturated carbocycles. The van der Waals surface area contributed by atoms with Crippen molar-refractivity contribution in [2.45, 2.75) is 32.1 Å². The van der Waals surface area contributed by atoms with Crippen LogP contribution < -0.4 is 5.32 Å². The molecule has 0 heterocycles. The van der Waals surface area contributed by atoms with Gasteiger partial charge < -0.3 is 10.4 Å². The summed E-state index contributed by atoms with van der Waals surface area (Å²) in [6, 6.07) is 3.45. The van der Waals surface area contributed by atoms with Crippen LogP contribution in [-0.4, -0.2) is 23.5 Å². The third-order valence-electron chi connectivity index (χ3n) is 2.80. The van der Waals surface area contributed by atoms with Gasteiger partial charge in [-0.3, -0.25) is 9.59 Å². The van der Waals surface area contributed by atoms with E-state index in [1.807, 2.05) is 0 Å². The SMILES string of the molecule is O=C(O)CCCCCCNC(=O)c1cccc(F)c1F. The number of benzene rings is 1. The fourth-order valence-corrected chi connectivity index (χ4v) is 1.73. The molecule has 0 aromatic heterocycles. The summed E-state index contributed by atoms with van der Waals surface area (Å²) >= 11 is 0. The molecule has 1 aromatic rings. The van der Waals surface area contributed by atoms with E-state index in [9.17, 15) is 18.4 Å². The summed E-state index contributed by atoms with van der Waals surface area (Å²) in [6.45, 7) is 0.349. The maximum atomic E-state index is 13.3. The second-order valence-electron chi connectivity index (χ2n) is 4.42. The number of aliphatic carboxylic acids is 1. The van der Waals surface area contributed by atoms with E-state index >= 15 is 0 Å². The molecule has 0 saturated heterocycles. The lowest BCUT2D eigenvalue weighted by Crippen LogP contribution is -2.25. The number of nitrogens with one attached hydrogen (secondary N) is 1. The Balaban J connectivity index is 2.24. The normalized spacial score (nSPS) is 10.3. The standard InChI is InChI=1S/C14H17F2NO3/c15-11-7-5-6-10(13(11)16)14(20)17-9-4-2-1-3-8-12(18)19/h5-7H,1-4,8-9H2,(H,17,20)(H,18,19). The van der Waals surface area contributed by atoms with Gasteiger partial charge in [-0.05, 0) is 25.0 Å². The molecule has 0 atom stereocenters. The summed E-state index contributed by atoms with van der Waals surface area (Å²) < 4.78 is 26.2. The van der Waals surface area contributed by atoms with Gasteiger partial charge in [-0.15, -0.1) is 0 Å². The van der Waals surface area contributed by atoms with E-state index in [1.165, 1.54) is 12.1 Å². The third-order valence-corrected chi connectivity index (χ3v) is 2.80. The quantitative estimate of drug-likeness (QED) is 0.722. The highest BCUT2D eigenvalue weighted by Gasteiger charge is 2.14. The summed E-state index contributed by atoms with van der Waals surface area (Å²) in [7, 11) is 0. The topological polar surface area (TPSA) is 66.4 Å². The van der Waals surface area contributed by atoms with Crippen molar-refractivity contribution in [3.05, 3.63) is 35.4 Å². The van der Waals surface area contributed by atoms with Crippen molar-refractivity contribution < 1.29 is 23.5 Å². The Morgan fingerprint density at radius 2 is 1.80 bits per heavy atom. The van der Waals surface area contributed by atoms with Crippen LogP contribution in [0.1, 0.15) is 42.5 Å². The van der Waals surface area contributed by atoms with E-state index < -0.39 is 23.5 Å². The number of unbranched alkanes of at least 4 members (excludes halogenated alkanes) is 3. The molecule has 20 heavy (non-hydrogen) atoms. The minimum absolute atomic E-state index is 0.140. The maximum Gasteiger partial charge on any atom is 0.303 e. The second-order valence-corrected chi connectivity index (χ2v) is 4.42. The first kappa shape index (κ1) is 16.1. The summed E-state index contributed by atoms with van der Waals surface area (Å²) in [6.07, 6.45) is 2.95. The molecule has 6 heteroatoms. The summed E-state index contributed by atoms with van der Waals surface area (Å²) in [5, 5.41) is 10.9. The average Bonchev–Trinajstić information content (AvgIpc) is 2.40. The number of hydrogen-bond donors (Lipinski definition) is 2. The molecule has 4 nitrogen and oxygen atoms in total. The summed E-state index contributed by atoms with van der Waals surface area (Å²) in [5.41, 5.74) is -0.309.